The molecule has 0 amide bonds. The molecule has 1 aromatic carbocycles. The molecular formula is C15H19NO3S. The summed E-state index contributed by atoms with van der Waals surface area (Å²) in [5.41, 5.74) is -0.188. The number of benzene rings is 1. The number of carboxylic acids is 1. The topological polar surface area (TPSA) is 78.2 Å². The van der Waals surface area contributed by atoms with Gasteiger partial charge in [-0.1, -0.05) is 12.5 Å². The number of unbranched alkanes of at least 4 members (excludes halogenated alkanes) is 1. The van der Waals surface area contributed by atoms with Crippen LogP contribution in [0.2, 0.25) is 0 Å². The Bertz CT molecular complexity index is 546. The van der Waals surface area contributed by atoms with Crippen molar-refractivity contribution in [3.8, 4) is 6.07 Å². The molecule has 0 saturated carbocycles. The van der Waals surface area contributed by atoms with Gasteiger partial charge in [-0.25, -0.2) is 4.79 Å². The molecule has 4 nitrogen and oxygen atoms in total. The van der Waals surface area contributed by atoms with Gasteiger partial charge >= 0.3 is 5.97 Å². The minimum atomic E-state index is -1.19. The standard InChI is InChI=1S/C15H19NO3S/c1-15(2,11-16)8-3-4-9-20(19)13-7-5-6-12(10-13)14(17)18/h5-7,10H,3-4,8-9H2,1-2H3,(H,17,18). The number of aromatic carboxylic acids is 1. The van der Waals surface area contributed by atoms with E-state index >= 15 is 0 Å². The third-order valence-electron chi connectivity index (χ3n) is 3.03. The molecular weight excluding hydrogens is 274 g/mol. The Morgan fingerprint density at radius 3 is 2.70 bits per heavy atom. The lowest BCUT2D eigenvalue weighted by Crippen LogP contribution is -2.08. The molecule has 0 aromatic heterocycles. The predicted octanol–water partition coefficient (Wildman–Crippen LogP) is 3.21. The number of hydrogen-bond acceptors (Lipinski definition) is 3. The number of nitriles is 1. The van der Waals surface area contributed by atoms with E-state index in [1.165, 1.54) is 12.1 Å². The van der Waals surface area contributed by atoms with E-state index in [0.29, 0.717) is 10.6 Å². The number of carboxylic acid groups (broad SMARTS) is 1. The molecule has 0 heterocycles. The summed E-state index contributed by atoms with van der Waals surface area (Å²) >= 11 is 0. The van der Waals surface area contributed by atoms with Crippen LogP contribution in [0, 0.1) is 16.7 Å². The monoisotopic (exact) mass is 293 g/mol. The Kier molecular flexibility index (Phi) is 5.90. The van der Waals surface area contributed by atoms with Crippen LogP contribution < -0.4 is 0 Å². The smallest absolute Gasteiger partial charge is 0.335 e. The van der Waals surface area contributed by atoms with Crippen molar-refractivity contribution in [1.82, 2.24) is 0 Å². The van der Waals surface area contributed by atoms with Crippen LogP contribution in [0.5, 0.6) is 0 Å². The van der Waals surface area contributed by atoms with E-state index in [0.717, 1.165) is 19.3 Å². The number of hydrogen-bond donors (Lipinski definition) is 1. The van der Waals surface area contributed by atoms with Crippen LogP contribution in [-0.2, 0) is 10.8 Å². The van der Waals surface area contributed by atoms with Crippen molar-refractivity contribution < 1.29 is 14.1 Å². The summed E-state index contributed by atoms with van der Waals surface area (Å²) in [5.74, 6) is -0.524. The second-order valence-electron chi connectivity index (χ2n) is 5.34. The fourth-order valence-corrected chi connectivity index (χ4v) is 2.94. The molecule has 0 aliphatic heterocycles. The van der Waals surface area contributed by atoms with Crippen molar-refractivity contribution in [2.24, 2.45) is 5.41 Å². The Morgan fingerprint density at radius 2 is 2.10 bits per heavy atom. The zero-order valence-electron chi connectivity index (χ0n) is 11.8. The molecule has 0 spiro atoms. The Hall–Kier alpha value is -1.67. The Morgan fingerprint density at radius 1 is 1.40 bits per heavy atom. The molecule has 0 aliphatic rings. The number of nitrogens with zero attached hydrogens (tertiary/aromatic N) is 1. The maximum Gasteiger partial charge on any atom is 0.335 e. The van der Waals surface area contributed by atoms with E-state index in [2.05, 4.69) is 6.07 Å². The van der Waals surface area contributed by atoms with Crippen molar-refractivity contribution in [1.29, 1.82) is 5.26 Å². The molecule has 1 unspecified atom stereocenters. The van der Waals surface area contributed by atoms with E-state index in [4.69, 9.17) is 10.4 Å². The first-order chi connectivity index (χ1) is 9.35. The molecule has 0 fully saturated rings. The summed E-state index contributed by atoms with van der Waals surface area (Å²) in [6.45, 7) is 3.78. The van der Waals surface area contributed by atoms with Crippen LogP contribution in [0.4, 0.5) is 0 Å². The van der Waals surface area contributed by atoms with Gasteiger partial charge < -0.3 is 5.11 Å². The largest absolute Gasteiger partial charge is 0.478 e. The molecule has 1 atom stereocenters. The van der Waals surface area contributed by atoms with Gasteiger partial charge in [-0.15, -0.1) is 0 Å². The highest BCUT2D eigenvalue weighted by atomic mass is 32.2. The zero-order chi connectivity index (χ0) is 15.2. The zero-order valence-corrected chi connectivity index (χ0v) is 12.6. The van der Waals surface area contributed by atoms with Crippen LogP contribution in [-0.4, -0.2) is 21.0 Å². The second kappa shape index (κ2) is 7.20. The maximum atomic E-state index is 12.1. The van der Waals surface area contributed by atoms with Gasteiger partial charge in [0, 0.05) is 10.6 Å². The molecule has 1 N–H and O–H groups in total. The summed E-state index contributed by atoms with van der Waals surface area (Å²) in [5, 5.41) is 17.8. The summed E-state index contributed by atoms with van der Waals surface area (Å²) in [6, 6.07) is 8.47. The van der Waals surface area contributed by atoms with Gasteiger partial charge in [0.15, 0.2) is 0 Å². The Labute approximate surface area is 121 Å². The first kappa shape index (κ1) is 16.4. The highest BCUT2D eigenvalue weighted by Gasteiger charge is 2.16. The van der Waals surface area contributed by atoms with Gasteiger partial charge in [0.05, 0.1) is 27.8 Å². The van der Waals surface area contributed by atoms with Crippen LogP contribution in [0.3, 0.4) is 0 Å². The van der Waals surface area contributed by atoms with E-state index in [1.807, 2.05) is 13.8 Å². The highest BCUT2D eigenvalue weighted by molar-refractivity contribution is 7.85. The summed E-state index contributed by atoms with van der Waals surface area (Å²) in [4.78, 5) is 11.4. The van der Waals surface area contributed by atoms with Crippen molar-refractivity contribution in [2.45, 2.75) is 38.0 Å². The van der Waals surface area contributed by atoms with Crippen molar-refractivity contribution in [2.75, 3.05) is 5.75 Å². The first-order valence-electron chi connectivity index (χ1n) is 6.49. The molecule has 1 rings (SSSR count). The van der Waals surface area contributed by atoms with Crippen LogP contribution in [0.1, 0.15) is 43.5 Å². The van der Waals surface area contributed by atoms with Gasteiger partial charge in [-0.3, -0.25) is 4.21 Å². The van der Waals surface area contributed by atoms with Crippen LogP contribution in [0.15, 0.2) is 29.2 Å². The summed E-state index contributed by atoms with van der Waals surface area (Å²) in [6.07, 6.45) is 2.37. The molecule has 1 aromatic rings. The fourth-order valence-electron chi connectivity index (χ4n) is 1.74. The normalized spacial score (nSPS) is 12.7. The van der Waals surface area contributed by atoms with E-state index < -0.39 is 16.8 Å². The minimum Gasteiger partial charge on any atom is -0.478 e. The van der Waals surface area contributed by atoms with Crippen molar-refractivity contribution in [3.05, 3.63) is 29.8 Å². The summed E-state index contributed by atoms with van der Waals surface area (Å²) < 4.78 is 12.1. The molecule has 108 valence electrons. The number of rotatable bonds is 7. The first-order valence-corrected chi connectivity index (χ1v) is 7.80. The third-order valence-corrected chi connectivity index (χ3v) is 4.47. The minimum absolute atomic E-state index is 0.154. The van der Waals surface area contributed by atoms with Gasteiger partial charge in [0.2, 0.25) is 0 Å². The lowest BCUT2D eigenvalue weighted by atomic mass is 9.89. The molecule has 0 radical (unpaired) electrons. The van der Waals surface area contributed by atoms with Crippen molar-refractivity contribution in [3.63, 3.8) is 0 Å². The Balaban J connectivity index is 2.50. The van der Waals surface area contributed by atoms with E-state index in [1.54, 1.807) is 12.1 Å². The van der Waals surface area contributed by atoms with Crippen LogP contribution >= 0.6 is 0 Å². The molecule has 0 aliphatic carbocycles. The summed E-state index contributed by atoms with van der Waals surface area (Å²) in [7, 11) is -1.19. The van der Waals surface area contributed by atoms with Gasteiger partial charge in [0.1, 0.15) is 0 Å². The van der Waals surface area contributed by atoms with Gasteiger partial charge in [-0.2, -0.15) is 5.26 Å². The SMILES string of the molecule is CC(C)(C#N)CCCCS(=O)c1cccc(C(=O)O)c1. The third kappa shape index (κ3) is 5.14. The van der Waals surface area contributed by atoms with Gasteiger partial charge in [0.25, 0.3) is 0 Å². The quantitative estimate of drug-likeness (QED) is 0.783. The van der Waals surface area contributed by atoms with Gasteiger partial charge in [-0.05, 0) is 44.9 Å². The highest BCUT2D eigenvalue weighted by Crippen LogP contribution is 2.22. The van der Waals surface area contributed by atoms with E-state index in [9.17, 15) is 9.00 Å². The molecule has 5 heteroatoms. The van der Waals surface area contributed by atoms with E-state index in [-0.39, 0.29) is 11.0 Å². The molecule has 0 saturated heterocycles. The molecule has 20 heavy (non-hydrogen) atoms. The predicted molar refractivity (Wildman–Crippen MR) is 77.9 cm³/mol. The van der Waals surface area contributed by atoms with Crippen molar-refractivity contribution >= 4 is 16.8 Å². The second-order valence-corrected chi connectivity index (χ2v) is 6.91. The fraction of sp³-hybridized carbons (Fsp3) is 0.467. The average Bonchev–Trinajstić information content (AvgIpc) is 2.43. The number of carbonyl (C=O) groups is 1. The molecule has 0 bridgehead atoms. The lowest BCUT2D eigenvalue weighted by molar-refractivity contribution is 0.0696. The van der Waals surface area contributed by atoms with Crippen LogP contribution in [0.25, 0.3) is 0 Å². The average molecular weight is 293 g/mol. The lowest BCUT2D eigenvalue weighted by Gasteiger charge is -2.14. The maximum absolute atomic E-state index is 12.1.